The zero-order chi connectivity index (χ0) is 8.20. The van der Waals surface area contributed by atoms with E-state index in [1.54, 1.807) is 0 Å². The molecule has 1 nitrogen and oxygen atoms in total. The molecule has 1 atom stereocenters. The van der Waals surface area contributed by atoms with Crippen LogP contribution in [0.2, 0.25) is 0 Å². The van der Waals surface area contributed by atoms with Gasteiger partial charge in [-0.25, -0.2) is 0 Å². The van der Waals surface area contributed by atoms with Crippen LogP contribution >= 0.6 is 7.26 Å². The normalized spacial score (nSPS) is 15.3. The highest BCUT2D eigenvalue weighted by Crippen LogP contribution is 2.60. The van der Waals surface area contributed by atoms with Crippen LogP contribution < -0.4 is 0 Å². The van der Waals surface area contributed by atoms with Gasteiger partial charge in [0, 0.05) is 7.26 Å². The van der Waals surface area contributed by atoms with Crippen LogP contribution in [0.4, 0.5) is 0 Å². The van der Waals surface area contributed by atoms with Gasteiger partial charge >= 0.3 is 0 Å². The molecule has 0 saturated carbocycles. The molecule has 0 bridgehead atoms. The largest absolute Gasteiger partial charge is 0.360 e. The van der Waals surface area contributed by atoms with E-state index in [-0.39, 0.29) is 5.85 Å². The lowest BCUT2D eigenvalue weighted by molar-refractivity contribution is 0.274. The lowest BCUT2D eigenvalue weighted by Gasteiger charge is -2.25. The fourth-order valence-corrected chi connectivity index (χ4v) is 4.39. The van der Waals surface area contributed by atoms with Crippen molar-refractivity contribution in [3.05, 3.63) is 0 Å². The Bertz CT molecular complexity index is 79.0. The summed E-state index contributed by atoms with van der Waals surface area (Å²) in [5.74, 6) is -0.0486. The molecule has 2 heteroatoms. The maximum Gasteiger partial charge on any atom is 0.161 e. The number of rotatable bonds is 4. The van der Waals surface area contributed by atoms with Gasteiger partial charge in [0.1, 0.15) is 0 Å². The van der Waals surface area contributed by atoms with Crippen LogP contribution in [-0.2, 0) is 0 Å². The number of hydrogen-bond acceptors (Lipinski definition) is 1. The van der Waals surface area contributed by atoms with Crippen molar-refractivity contribution in [2.75, 3.05) is 18.5 Å². The molecule has 0 aliphatic heterocycles. The minimum Gasteiger partial charge on any atom is -0.360 e. The third-order valence-corrected chi connectivity index (χ3v) is 8.05. The maximum atomic E-state index is 9.51. The Morgan fingerprint density at radius 2 is 1.40 bits per heavy atom. The molecular weight excluding hydrogens is 143 g/mol. The number of aliphatic hydroxyl groups is 1. The molecule has 0 aromatic carbocycles. The van der Waals surface area contributed by atoms with Crippen molar-refractivity contribution >= 4 is 7.26 Å². The van der Waals surface area contributed by atoms with Crippen LogP contribution in [0.3, 0.4) is 0 Å². The van der Waals surface area contributed by atoms with E-state index in [1.807, 2.05) is 6.92 Å². The van der Waals surface area contributed by atoms with Gasteiger partial charge in [-0.05, 0) is 27.7 Å². The third-order valence-electron chi connectivity index (χ3n) is 2.68. The topological polar surface area (TPSA) is 20.2 Å². The summed E-state index contributed by atoms with van der Waals surface area (Å²) in [5.41, 5.74) is 0. The summed E-state index contributed by atoms with van der Waals surface area (Å²) >= 11 is 0. The van der Waals surface area contributed by atoms with Crippen LogP contribution in [0.5, 0.6) is 0 Å². The molecule has 1 N–H and O–H groups in total. The molecule has 1 unspecified atom stereocenters. The van der Waals surface area contributed by atoms with Crippen molar-refractivity contribution in [3.63, 3.8) is 0 Å². The first kappa shape index (κ1) is 10.4. The van der Waals surface area contributed by atoms with Gasteiger partial charge in [0.25, 0.3) is 0 Å². The van der Waals surface area contributed by atoms with Crippen LogP contribution in [0, 0.1) is 0 Å². The second-order valence-electron chi connectivity index (χ2n) is 2.80. The molecule has 0 amide bonds. The number of aliphatic hydroxyl groups excluding tert-OH is 1. The third kappa shape index (κ3) is 1.93. The van der Waals surface area contributed by atoms with E-state index >= 15 is 0 Å². The summed E-state index contributed by atoms with van der Waals surface area (Å²) < 4.78 is 0. The van der Waals surface area contributed by atoms with Gasteiger partial charge in [0.2, 0.25) is 0 Å². The fraction of sp³-hybridized carbons (Fsp3) is 1.00. The van der Waals surface area contributed by atoms with Crippen molar-refractivity contribution in [2.24, 2.45) is 0 Å². The zero-order valence-corrected chi connectivity index (χ0v) is 8.49. The molecule has 0 spiro atoms. The minimum absolute atomic E-state index is 0.0486. The highest BCUT2D eigenvalue weighted by Gasteiger charge is 2.36. The maximum absolute atomic E-state index is 9.51. The van der Waals surface area contributed by atoms with E-state index in [0.29, 0.717) is 0 Å². The summed E-state index contributed by atoms with van der Waals surface area (Å²) in [7, 11) is -0.955. The van der Waals surface area contributed by atoms with Crippen molar-refractivity contribution in [3.8, 4) is 0 Å². The summed E-state index contributed by atoms with van der Waals surface area (Å²) in [6, 6.07) is 0. The van der Waals surface area contributed by atoms with Gasteiger partial charge in [-0.2, -0.15) is 0 Å². The van der Waals surface area contributed by atoms with E-state index in [0.717, 1.165) is 0 Å². The predicted molar refractivity (Wildman–Crippen MR) is 50.2 cm³/mol. The Labute approximate surface area is 65.2 Å². The fourth-order valence-electron chi connectivity index (χ4n) is 1.46. The molecule has 0 aromatic rings. The first-order valence-corrected chi connectivity index (χ1v) is 6.58. The van der Waals surface area contributed by atoms with Crippen molar-refractivity contribution < 1.29 is 5.11 Å². The Morgan fingerprint density at radius 3 is 1.40 bits per heavy atom. The van der Waals surface area contributed by atoms with Crippen LogP contribution in [-0.4, -0.2) is 29.4 Å². The van der Waals surface area contributed by atoms with Crippen molar-refractivity contribution in [2.45, 2.75) is 33.5 Å². The summed E-state index contributed by atoms with van der Waals surface area (Å²) in [6.07, 6.45) is 3.58. The van der Waals surface area contributed by atoms with Crippen LogP contribution in [0.25, 0.3) is 0 Å². The number of hydrogen-bond donors (Lipinski definition) is 1. The quantitative estimate of drug-likeness (QED) is 0.631. The Kier molecular flexibility index (Phi) is 4.47. The standard InChI is InChI=1S/C8H20OP/c1-5-10(6-2,7-3)8(4)9/h8-9H,5-7H2,1-4H3/q+1. The summed E-state index contributed by atoms with van der Waals surface area (Å²) in [4.78, 5) is 0. The molecule has 10 heavy (non-hydrogen) atoms. The van der Waals surface area contributed by atoms with E-state index in [4.69, 9.17) is 0 Å². The molecular formula is C8H20OP+. The summed E-state index contributed by atoms with van der Waals surface area (Å²) in [5, 5.41) is 9.51. The minimum atomic E-state index is -0.955. The lowest BCUT2D eigenvalue weighted by atomic mass is 10.9. The highest BCUT2D eigenvalue weighted by atomic mass is 31.2. The Balaban J connectivity index is 4.15. The van der Waals surface area contributed by atoms with Gasteiger partial charge in [-0.15, -0.1) is 0 Å². The van der Waals surface area contributed by atoms with Gasteiger partial charge in [-0.3, -0.25) is 0 Å². The summed E-state index contributed by atoms with van der Waals surface area (Å²) in [6.45, 7) is 8.55. The molecule has 0 rings (SSSR count). The predicted octanol–water partition coefficient (Wildman–Crippen LogP) is 2.40. The van der Waals surface area contributed by atoms with E-state index < -0.39 is 7.26 Å². The second-order valence-corrected chi connectivity index (χ2v) is 7.88. The average molecular weight is 163 g/mol. The van der Waals surface area contributed by atoms with Gasteiger partial charge in [-0.1, -0.05) is 0 Å². The van der Waals surface area contributed by atoms with Crippen molar-refractivity contribution in [1.82, 2.24) is 0 Å². The molecule has 62 valence electrons. The Morgan fingerprint density at radius 1 is 1.10 bits per heavy atom. The molecule has 0 aliphatic rings. The van der Waals surface area contributed by atoms with Gasteiger partial charge < -0.3 is 5.11 Å². The van der Waals surface area contributed by atoms with Crippen LogP contribution in [0.15, 0.2) is 0 Å². The molecule has 0 saturated heterocycles. The monoisotopic (exact) mass is 163 g/mol. The Hall–Kier alpha value is 0.390. The smallest absolute Gasteiger partial charge is 0.161 e. The van der Waals surface area contributed by atoms with Gasteiger partial charge in [0.05, 0.1) is 18.5 Å². The molecule has 0 heterocycles. The molecule has 0 aliphatic carbocycles. The average Bonchev–Trinajstić information content (AvgIpc) is 1.92. The second kappa shape index (κ2) is 4.31. The highest BCUT2D eigenvalue weighted by molar-refractivity contribution is 7.76. The van der Waals surface area contributed by atoms with E-state index in [1.165, 1.54) is 18.5 Å². The van der Waals surface area contributed by atoms with E-state index in [9.17, 15) is 5.11 Å². The zero-order valence-electron chi connectivity index (χ0n) is 7.59. The molecule has 0 radical (unpaired) electrons. The SMILES string of the molecule is CC[P+](CC)(CC)C(C)O. The van der Waals surface area contributed by atoms with Gasteiger partial charge in [0.15, 0.2) is 5.85 Å². The first-order valence-electron chi connectivity index (χ1n) is 4.16. The molecule has 0 aromatic heterocycles. The van der Waals surface area contributed by atoms with Crippen LogP contribution in [0.1, 0.15) is 27.7 Å². The first-order chi connectivity index (χ1) is 4.63. The van der Waals surface area contributed by atoms with Crippen molar-refractivity contribution in [1.29, 1.82) is 0 Å². The molecule has 0 fully saturated rings. The van der Waals surface area contributed by atoms with E-state index in [2.05, 4.69) is 20.8 Å². The lowest BCUT2D eigenvalue weighted by Crippen LogP contribution is -2.15.